The predicted molar refractivity (Wildman–Crippen MR) is 77.2 cm³/mol. The highest BCUT2D eigenvalue weighted by Crippen LogP contribution is 2.21. The van der Waals surface area contributed by atoms with Crippen molar-refractivity contribution in [3.63, 3.8) is 0 Å². The minimum absolute atomic E-state index is 0.0853. The van der Waals surface area contributed by atoms with Gasteiger partial charge in [-0.05, 0) is 36.4 Å². The minimum atomic E-state index is -1.23. The SMILES string of the molecule is Nc1ccc(NC(=O)c2ccc(F)c(Cl)c2)c(C(=O)O)c1. The van der Waals surface area contributed by atoms with Gasteiger partial charge in [0.05, 0.1) is 16.3 Å². The second kappa shape index (κ2) is 5.80. The summed E-state index contributed by atoms with van der Waals surface area (Å²) in [6, 6.07) is 7.52. The second-order valence-electron chi connectivity index (χ2n) is 4.19. The average molecular weight is 309 g/mol. The molecule has 7 heteroatoms. The summed E-state index contributed by atoms with van der Waals surface area (Å²) in [5, 5.41) is 11.3. The van der Waals surface area contributed by atoms with Crippen molar-refractivity contribution in [1.29, 1.82) is 0 Å². The summed E-state index contributed by atoms with van der Waals surface area (Å²) in [5.41, 5.74) is 5.82. The number of anilines is 2. The molecule has 0 heterocycles. The van der Waals surface area contributed by atoms with Gasteiger partial charge in [-0.2, -0.15) is 0 Å². The lowest BCUT2D eigenvalue weighted by Crippen LogP contribution is -2.15. The van der Waals surface area contributed by atoms with Crippen LogP contribution in [0, 0.1) is 5.82 Å². The molecule has 0 bridgehead atoms. The largest absolute Gasteiger partial charge is 0.478 e. The fraction of sp³-hybridized carbons (Fsp3) is 0. The molecule has 5 nitrogen and oxygen atoms in total. The van der Waals surface area contributed by atoms with E-state index in [4.69, 9.17) is 22.4 Å². The van der Waals surface area contributed by atoms with E-state index in [1.165, 1.54) is 24.3 Å². The van der Waals surface area contributed by atoms with Crippen LogP contribution in [0.25, 0.3) is 0 Å². The molecule has 108 valence electrons. The Bertz CT molecular complexity index is 734. The molecule has 0 saturated heterocycles. The van der Waals surface area contributed by atoms with Crippen LogP contribution in [0.15, 0.2) is 36.4 Å². The number of aromatic carboxylic acids is 1. The fourth-order valence-electron chi connectivity index (χ4n) is 1.68. The maximum absolute atomic E-state index is 13.0. The van der Waals surface area contributed by atoms with Crippen LogP contribution in [0.1, 0.15) is 20.7 Å². The number of rotatable bonds is 3. The van der Waals surface area contributed by atoms with Crippen LogP contribution < -0.4 is 11.1 Å². The highest BCUT2D eigenvalue weighted by atomic mass is 35.5. The Morgan fingerprint density at radius 2 is 1.90 bits per heavy atom. The Balaban J connectivity index is 2.31. The highest BCUT2D eigenvalue weighted by Gasteiger charge is 2.15. The van der Waals surface area contributed by atoms with E-state index in [9.17, 15) is 14.0 Å². The van der Waals surface area contributed by atoms with Crippen LogP contribution in [0.2, 0.25) is 5.02 Å². The van der Waals surface area contributed by atoms with Gasteiger partial charge in [0.15, 0.2) is 0 Å². The quantitative estimate of drug-likeness (QED) is 0.760. The number of nitrogen functional groups attached to an aromatic ring is 1. The van der Waals surface area contributed by atoms with E-state index < -0.39 is 17.7 Å². The summed E-state index contributed by atoms with van der Waals surface area (Å²) in [6.45, 7) is 0. The zero-order valence-electron chi connectivity index (χ0n) is 10.6. The Morgan fingerprint density at radius 3 is 2.52 bits per heavy atom. The maximum Gasteiger partial charge on any atom is 0.337 e. The van der Waals surface area contributed by atoms with Crippen LogP contribution in [0.4, 0.5) is 15.8 Å². The standard InChI is InChI=1S/C14H10ClFN2O3/c15-10-5-7(1-3-11(10)16)13(19)18-12-4-2-8(17)6-9(12)14(20)21/h1-6H,17H2,(H,18,19)(H,20,21). The van der Waals surface area contributed by atoms with Crippen molar-refractivity contribution in [3.05, 3.63) is 58.4 Å². The number of hydrogen-bond acceptors (Lipinski definition) is 3. The van der Waals surface area contributed by atoms with Gasteiger partial charge in [-0.1, -0.05) is 11.6 Å². The first-order chi connectivity index (χ1) is 9.88. The lowest BCUT2D eigenvalue weighted by atomic mass is 10.1. The summed E-state index contributed by atoms with van der Waals surface area (Å²) in [4.78, 5) is 23.1. The molecule has 0 atom stereocenters. The molecule has 0 unspecified atom stereocenters. The Morgan fingerprint density at radius 1 is 1.19 bits per heavy atom. The van der Waals surface area contributed by atoms with Crippen molar-refractivity contribution in [2.45, 2.75) is 0 Å². The molecular formula is C14H10ClFN2O3. The Labute approximate surface area is 124 Å². The summed E-state index contributed by atoms with van der Waals surface area (Å²) in [7, 11) is 0. The number of amides is 1. The van der Waals surface area contributed by atoms with Crippen molar-refractivity contribution < 1.29 is 19.1 Å². The molecule has 0 spiro atoms. The van der Waals surface area contributed by atoms with E-state index in [1.54, 1.807) is 0 Å². The molecule has 4 N–H and O–H groups in total. The van der Waals surface area contributed by atoms with Gasteiger partial charge in [-0.3, -0.25) is 4.79 Å². The second-order valence-corrected chi connectivity index (χ2v) is 4.60. The van der Waals surface area contributed by atoms with E-state index >= 15 is 0 Å². The lowest BCUT2D eigenvalue weighted by Gasteiger charge is -2.09. The summed E-state index contributed by atoms with van der Waals surface area (Å²) < 4.78 is 13.0. The summed E-state index contributed by atoms with van der Waals surface area (Å²) in [5.74, 6) is -2.48. The molecule has 1 amide bonds. The molecule has 0 aliphatic heterocycles. The van der Waals surface area contributed by atoms with Crippen LogP contribution in [0.3, 0.4) is 0 Å². The van der Waals surface area contributed by atoms with Crippen molar-refractivity contribution in [1.82, 2.24) is 0 Å². The van der Waals surface area contributed by atoms with Gasteiger partial charge in [-0.25, -0.2) is 9.18 Å². The van der Waals surface area contributed by atoms with Gasteiger partial charge in [0.1, 0.15) is 5.82 Å². The molecule has 21 heavy (non-hydrogen) atoms. The monoisotopic (exact) mass is 308 g/mol. The molecular weight excluding hydrogens is 299 g/mol. The highest BCUT2D eigenvalue weighted by molar-refractivity contribution is 6.31. The molecule has 0 aromatic heterocycles. The van der Waals surface area contributed by atoms with Crippen molar-refractivity contribution >= 4 is 34.9 Å². The van der Waals surface area contributed by atoms with E-state index in [1.807, 2.05) is 0 Å². The molecule has 0 aliphatic carbocycles. The molecule has 2 rings (SSSR count). The Hall–Kier alpha value is -2.60. The summed E-state index contributed by atoms with van der Waals surface area (Å²) in [6.07, 6.45) is 0. The van der Waals surface area contributed by atoms with Crippen LogP contribution in [-0.4, -0.2) is 17.0 Å². The first kappa shape index (κ1) is 14.8. The normalized spacial score (nSPS) is 10.2. The molecule has 0 aliphatic rings. The number of carbonyl (C=O) groups is 2. The van der Waals surface area contributed by atoms with Crippen LogP contribution in [-0.2, 0) is 0 Å². The topological polar surface area (TPSA) is 92.4 Å². The van der Waals surface area contributed by atoms with Crippen molar-refractivity contribution in [2.24, 2.45) is 0 Å². The third kappa shape index (κ3) is 3.29. The van der Waals surface area contributed by atoms with E-state index in [0.717, 1.165) is 12.1 Å². The third-order valence-electron chi connectivity index (χ3n) is 2.70. The maximum atomic E-state index is 13.0. The van der Waals surface area contributed by atoms with Crippen LogP contribution >= 0.6 is 11.6 Å². The van der Waals surface area contributed by atoms with Crippen molar-refractivity contribution in [3.8, 4) is 0 Å². The van der Waals surface area contributed by atoms with Gasteiger partial charge in [0.25, 0.3) is 5.91 Å². The van der Waals surface area contributed by atoms with E-state index in [-0.39, 0.29) is 27.5 Å². The predicted octanol–water partition coefficient (Wildman–Crippen LogP) is 3.01. The zero-order chi connectivity index (χ0) is 15.6. The number of carbonyl (C=O) groups excluding carboxylic acids is 1. The third-order valence-corrected chi connectivity index (χ3v) is 2.99. The zero-order valence-corrected chi connectivity index (χ0v) is 11.3. The van der Waals surface area contributed by atoms with Gasteiger partial charge >= 0.3 is 5.97 Å². The molecule has 0 fully saturated rings. The molecule has 0 radical (unpaired) electrons. The van der Waals surface area contributed by atoms with E-state index in [0.29, 0.717) is 0 Å². The number of halogens is 2. The lowest BCUT2D eigenvalue weighted by molar-refractivity contribution is 0.0698. The first-order valence-electron chi connectivity index (χ1n) is 5.77. The number of nitrogens with two attached hydrogens (primary N) is 1. The minimum Gasteiger partial charge on any atom is -0.478 e. The Kier molecular flexibility index (Phi) is 4.09. The molecule has 2 aromatic carbocycles. The number of nitrogens with one attached hydrogen (secondary N) is 1. The van der Waals surface area contributed by atoms with Gasteiger partial charge in [-0.15, -0.1) is 0 Å². The fourth-order valence-corrected chi connectivity index (χ4v) is 1.86. The van der Waals surface area contributed by atoms with Crippen LogP contribution in [0.5, 0.6) is 0 Å². The summed E-state index contributed by atoms with van der Waals surface area (Å²) >= 11 is 5.60. The first-order valence-corrected chi connectivity index (χ1v) is 6.15. The molecule has 0 saturated carbocycles. The number of carboxylic acids is 1. The smallest absolute Gasteiger partial charge is 0.337 e. The number of hydrogen-bond donors (Lipinski definition) is 3. The van der Waals surface area contributed by atoms with Gasteiger partial charge < -0.3 is 16.2 Å². The average Bonchev–Trinajstić information content (AvgIpc) is 2.43. The number of benzene rings is 2. The number of carboxylic acid groups (broad SMARTS) is 1. The molecule has 2 aromatic rings. The van der Waals surface area contributed by atoms with E-state index in [2.05, 4.69) is 5.32 Å². The van der Waals surface area contributed by atoms with Gasteiger partial charge in [0, 0.05) is 11.3 Å². The van der Waals surface area contributed by atoms with Crippen molar-refractivity contribution in [2.75, 3.05) is 11.1 Å². The van der Waals surface area contributed by atoms with Gasteiger partial charge in [0.2, 0.25) is 0 Å².